The van der Waals surface area contributed by atoms with Crippen molar-refractivity contribution >= 4 is 31.9 Å². The first-order valence-electron chi connectivity index (χ1n) is 5.00. The van der Waals surface area contributed by atoms with Gasteiger partial charge in [-0.15, -0.1) is 5.10 Å². The molecular weight excluding hydrogens is 350 g/mol. The Balaban J connectivity index is 2.47. The summed E-state index contributed by atoms with van der Waals surface area (Å²) in [4.78, 5) is 0. The Morgan fingerprint density at radius 3 is 2.59 bits per heavy atom. The molecule has 1 atom stereocenters. The lowest BCUT2D eigenvalue weighted by molar-refractivity contribution is 0.208. The maximum Gasteiger partial charge on any atom is 0.154 e. The number of halogens is 2. The van der Waals surface area contributed by atoms with E-state index in [1.54, 1.807) is 11.7 Å². The van der Waals surface area contributed by atoms with Gasteiger partial charge in [-0.3, -0.25) is 0 Å². The van der Waals surface area contributed by atoms with E-state index >= 15 is 0 Å². The van der Waals surface area contributed by atoms with Crippen LogP contribution >= 0.6 is 31.9 Å². The highest BCUT2D eigenvalue weighted by atomic mass is 79.9. The third kappa shape index (κ3) is 2.43. The predicted octanol–water partition coefficient (Wildman–Crippen LogP) is 2.73. The highest BCUT2D eigenvalue weighted by Crippen LogP contribution is 2.29. The lowest BCUT2D eigenvalue weighted by atomic mass is 10.0. The second-order valence-electron chi connectivity index (χ2n) is 3.79. The van der Waals surface area contributed by atoms with Gasteiger partial charge < -0.3 is 5.11 Å². The largest absolute Gasteiger partial charge is 0.382 e. The zero-order valence-corrected chi connectivity index (χ0v) is 12.5. The van der Waals surface area contributed by atoms with E-state index in [1.807, 2.05) is 25.1 Å². The summed E-state index contributed by atoms with van der Waals surface area (Å²) in [7, 11) is 1.75. The van der Waals surface area contributed by atoms with Crippen LogP contribution in [0.1, 0.15) is 22.9 Å². The monoisotopic (exact) mass is 359 g/mol. The molecule has 0 amide bonds. The Bertz CT molecular complexity index is 534. The quantitative estimate of drug-likeness (QED) is 0.895. The lowest BCUT2D eigenvalue weighted by Gasteiger charge is -2.14. The molecule has 2 rings (SSSR count). The summed E-state index contributed by atoms with van der Waals surface area (Å²) in [5.74, 6) is 0. The molecule has 2 aromatic rings. The Labute approximate surface area is 116 Å². The Kier molecular flexibility index (Phi) is 3.65. The molecule has 90 valence electrons. The summed E-state index contributed by atoms with van der Waals surface area (Å²) in [5, 5.41) is 18.1. The van der Waals surface area contributed by atoms with Crippen LogP contribution in [0.25, 0.3) is 0 Å². The molecule has 0 aliphatic carbocycles. The average Bonchev–Trinajstić information content (AvgIpc) is 2.58. The van der Waals surface area contributed by atoms with Gasteiger partial charge in [-0.2, -0.15) is 0 Å². The van der Waals surface area contributed by atoms with Gasteiger partial charge in [0.2, 0.25) is 0 Å². The fourth-order valence-corrected chi connectivity index (χ4v) is 2.74. The number of aryl methyl sites for hydroxylation is 2. The molecule has 1 aromatic carbocycles. The molecule has 1 N–H and O–H groups in total. The molecule has 0 aliphatic rings. The van der Waals surface area contributed by atoms with Gasteiger partial charge >= 0.3 is 0 Å². The standard InChI is InChI=1S/C11H11Br2N3O/c1-6-5-7(12)3-4-8(6)10(17)9-11(13)14-15-16(9)2/h3-5,10,17H,1-2H3. The number of benzene rings is 1. The van der Waals surface area contributed by atoms with Gasteiger partial charge in [-0.25, -0.2) is 4.68 Å². The van der Waals surface area contributed by atoms with E-state index in [-0.39, 0.29) is 0 Å². The minimum atomic E-state index is -0.738. The number of aliphatic hydroxyl groups is 1. The summed E-state index contributed by atoms with van der Waals surface area (Å²) in [6, 6.07) is 5.77. The van der Waals surface area contributed by atoms with Crippen molar-refractivity contribution in [2.24, 2.45) is 7.05 Å². The highest BCUT2D eigenvalue weighted by Gasteiger charge is 2.20. The molecule has 0 spiro atoms. The van der Waals surface area contributed by atoms with E-state index < -0.39 is 6.10 Å². The molecule has 1 unspecified atom stereocenters. The molecule has 0 aliphatic heterocycles. The summed E-state index contributed by atoms with van der Waals surface area (Å²) < 4.78 is 3.12. The van der Waals surface area contributed by atoms with Crippen LogP contribution in [-0.4, -0.2) is 20.1 Å². The van der Waals surface area contributed by atoms with Crippen LogP contribution in [0.5, 0.6) is 0 Å². The van der Waals surface area contributed by atoms with E-state index in [4.69, 9.17) is 0 Å². The van der Waals surface area contributed by atoms with Crippen molar-refractivity contribution in [3.05, 3.63) is 44.1 Å². The van der Waals surface area contributed by atoms with Crippen molar-refractivity contribution in [1.82, 2.24) is 15.0 Å². The molecule has 4 nitrogen and oxygen atoms in total. The second kappa shape index (κ2) is 4.88. The maximum atomic E-state index is 10.4. The van der Waals surface area contributed by atoms with Gasteiger partial charge in [0.05, 0.1) is 0 Å². The zero-order valence-electron chi connectivity index (χ0n) is 9.35. The SMILES string of the molecule is Cc1cc(Br)ccc1C(O)c1c(Br)nnn1C. The van der Waals surface area contributed by atoms with Crippen LogP contribution in [0.3, 0.4) is 0 Å². The fraction of sp³-hybridized carbons (Fsp3) is 0.273. The van der Waals surface area contributed by atoms with Gasteiger partial charge in [-0.05, 0) is 46.1 Å². The van der Waals surface area contributed by atoms with Crippen molar-refractivity contribution in [2.45, 2.75) is 13.0 Å². The van der Waals surface area contributed by atoms with Crippen molar-refractivity contribution < 1.29 is 5.11 Å². The molecule has 1 heterocycles. The Morgan fingerprint density at radius 2 is 2.06 bits per heavy atom. The lowest BCUT2D eigenvalue weighted by Crippen LogP contribution is -2.08. The van der Waals surface area contributed by atoms with Crippen LogP contribution < -0.4 is 0 Å². The van der Waals surface area contributed by atoms with E-state index in [9.17, 15) is 5.11 Å². The van der Waals surface area contributed by atoms with Crippen LogP contribution in [0.15, 0.2) is 27.3 Å². The number of nitrogens with zero attached hydrogens (tertiary/aromatic N) is 3. The van der Waals surface area contributed by atoms with Crippen LogP contribution in [0, 0.1) is 6.92 Å². The fourth-order valence-electron chi connectivity index (χ4n) is 1.72. The third-order valence-electron chi connectivity index (χ3n) is 2.61. The average molecular weight is 361 g/mol. The molecule has 0 bridgehead atoms. The first-order chi connectivity index (χ1) is 8.00. The van der Waals surface area contributed by atoms with Crippen LogP contribution in [0.4, 0.5) is 0 Å². The summed E-state index contributed by atoms with van der Waals surface area (Å²) >= 11 is 6.69. The smallest absolute Gasteiger partial charge is 0.154 e. The molecule has 0 radical (unpaired) electrons. The Hall–Kier alpha value is -0.720. The van der Waals surface area contributed by atoms with Crippen LogP contribution in [-0.2, 0) is 7.05 Å². The van der Waals surface area contributed by atoms with E-state index in [0.717, 1.165) is 15.6 Å². The Morgan fingerprint density at radius 1 is 1.35 bits per heavy atom. The minimum Gasteiger partial charge on any atom is -0.382 e. The van der Waals surface area contributed by atoms with Crippen molar-refractivity contribution in [3.8, 4) is 0 Å². The maximum absolute atomic E-state index is 10.4. The molecule has 0 saturated carbocycles. The molecule has 1 aromatic heterocycles. The number of rotatable bonds is 2. The van der Waals surface area contributed by atoms with E-state index in [1.165, 1.54) is 0 Å². The summed E-state index contributed by atoms with van der Waals surface area (Å²) in [6.07, 6.45) is -0.738. The van der Waals surface area contributed by atoms with Gasteiger partial charge in [0.25, 0.3) is 0 Å². The number of hydrogen-bond donors (Lipinski definition) is 1. The number of aromatic nitrogens is 3. The third-order valence-corrected chi connectivity index (χ3v) is 3.67. The highest BCUT2D eigenvalue weighted by molar-refractivity contribution is 9.10. The zero-order chi connectivity index (χ0) is 12.6. The first-order valence-corrected chi connectivity index (χ1v) is 6.58. The predicted molar refractivity (Wildman–Crippen MR) is 71.6 cm³/mol. The van der Waals surface area contributed by atoms with Gasteiger partial charge in [0.1, 0.15) is 11.8 Å². The second-order valence-corrected chi connectivity index (χ2v) is 5.46. The van der Waals surface area contributed by atoms with E-state index in [2.05, 4.69) is 42.2 Å². The van der Waals surface area contributed by atoms with Crippen LogP contribution in [0.2, 0.25) is 0 Å². The van der Waals surface area contributed by atoms with Crippen molar-refractivity contribution in [1.29, 1.82) is 0 Å². The van der Waals surface area contributed by atoms with Gasteiger partial charge in [0.15, 0.2) is 4.60 Å². The van der Waals surface area contributed by atoms with E-state index in [0.29, 0.717) is 10.3 Å². The van der Waals surface area contributed by atoms with Gasteiger partial charge in [-0.1, -0.05) is 27.2 Å². The van der Waals surface area contributed by atoms with Crippen molar-refractivity contribution in [3.63, 3.8) is 0 Å². The van der Waals surface area contributed by atoms with Gasteiger partial charge in [0, 0.05) is 11.5 Å². The normalized spacial score (nSPS) is 12.8. The van der Waals surface area contributed by atoms with Crippen molar-refractivity contribution in [2.75, 3.05) is 0 Å². The molecule has 0 saturated heterocycles. The molecule has 17 heavy (non-hydrogen) atoms. The summed E-state index contributed by atoms with van der Waals surface area (Å²) in [6.45, 7) is 1.96. The topological polar surface area (TPSA) is 50.9 Å². The number of hydrogen-bond acceptors (Lipinski definition) is 3. The molecular formula is C11H11Br2N3O. The molecule has 6 heteroatoms. The number of aliphatic hydroxyl groups excluding tert-OH is 1. The minimum absolute atomic E-state index is 0.565. The molecule has 0 fully saturated rings. The summed E-state index contributed by atoms with van der Waals surface area (Å²) in [5.41, 5.74) is 2.51. The first kappa shape index (κ1) is 12.7.